The molecule has 1 aliphatic rings. The molecule has 1 saturated heterocycles. The van der Waals surface area contributed by atoms with Crippen LogP contribution < -0.4 is 0 Å². The fraction of sp³-hybridized carbons (Fsp3) is 0.455. The number of terminal acetylenes is 1. The molecule has 86 valence electrons. The third kappa shape index (κ3) is 2.34. The summed E-state index contributed by atoms with van der Waals surface area (Å²) in [6, 6.07) is -1.39. The van der Waals surface area contributed by atoms with E-state index in [2.05, 4.69) is 12.5 Å². The fourth-order valence-electron chi connectivity index (χ4n) is 1.68. The minimum Gasteiger partial charge on any atom is -0.480 e. The Hall–Kier alpha value is -1.96. The highest BCUT2D eigenvalue weighted by molar-refractivity contribution is 5.81. The number of amides is 1. The van der Waals surface area contributed by atoms with Gasteiger partial charge < -0.3 is 9.84 Å². The Kier molecular flexibility index (Phi) is 3.95. The first kappa shape index (κ1) is 12.1. The van der Waals surface area contributed by atoms with E-state index in [-0.39, 0.29) is 6.61 Å². The summed E-state index contributed by atoms with van der Waals surface area (Å²) in [5.41, 5.74) is 0. The lowest BCUT2D eigenvalue weighted by Gasteiger charge is -2.24. The largest absolute Gasteiger partial charge is 0.480 e. The second-order valence-corrected chi connectivity index (χ2v) is 3.39. The lowest BCUT2D eigenvalue weighted by atomic mass is 10.2. The number of aliphatic carboxylic acids is 1. The minimum atomic E-state index is -1.06. The van der Waals surface area contributed by atoms with Crippen molar-refractivity contribution in [2.75, 3.05) is 6.61 Å². The highest BCUT2D eigenvalue weighted by Crippen LogP contribution is 2.24. The molecule has 1 heterocycles. The molecule has 1 fully saturated rings. The molecule has 5 heteroatoms. The molecular formula is C11H13NO4. The van der Waals surface area contributed by atoms with Crippen LogP contribution in [-0.4, -0.2) is 40.8 Å². The number of hydrogen-bond acceptors (Lipinski definition) is 3. The van der Waals surface area contributed by atoms with E-state index in [1.54, 1.807) is 0 Å². The number of carbonyl (C=O) groups excluding carboxylic acids is 1. The fourth-order valence-corrected chi connectivity index (χ4v) is 1.68. The maximum absolute atomic E-state index is 11.6. The van der Waals surface area contributed by atoms with Gasteiger partial charge in [0.05, 0.1) is 6.04 Å². The van der Waals surface area contributed by atoms with Crippen LogP contribution in [0.3, 0.4) is 0 Å². The zero-order valence-electron chi connectivity index (χ0n) is 8.76. The SMILES string of the molecule is C#CC1CCC(C(=O)O)N1C(=O)OCC=C. The van der Waals surface area contributed by atoms with Crippen molar-refractivity contribution in [1.82, 2.24) is 4.90 Å². The quantitative estimate of drug-likeness (QED) is 0.569. The number of rotatable bonds is 3. The summed E-state index contributed by atoms with van der Waals surface area (Å²) >= 11 is 0. The van der Waals surface area contributed by atoms with E-state index in [0.717, 1.165) is 4.90 Å². The number of carboxylic acid groups (broad SMARTS) is 1. The van der Waals surface area contributed by atoms with E-state index in [4.69, 9.17) is 16.3 Å². The van der Waals surface area contributed by atoms with Gasteiger partial charge in [0, 0.05) is 0 Å². The summed E-state index contributed by atoms with van der Waals surface area (Å²) in [4.78, 5) is 23.6. The molecular weight excluding hydrogens is 210 g/mol. The molecule has 2 unspecified atom stereocenters. The normalized spacial score (nSPS) is 23.6. The van der Waals surface area contributed by atoms with Crippen molar-refractivity contribution >= 4 is 12.1 Å². The molecule has 1 N–H and O–H groups in total. The minimum absolute atomic E-state index is 0.0406. The lowest BCUT2D eigenvalue weighted by molar-refractivity contribution is -0.141. The summed E-state index contributed by atoms with van der Waals surface area (Å²) in [6.07, 6.45) is 6.79. The standard InChI is InChI=1S/C11H13NO4/c1-3-7-16-11(15)12-8(4-2)5-6-9(12)10(13)14/h2-3,8-9H,1,5-7H2,(H,13,14). The van der Waals surface area contributed by atoms with Crippen molar-refractivity contribution in [1.29, 1.82) is 0 Å². The van der Waals surface area contributed by atoms with Gasteiger partial charge in [-0.15, -0.1) is 6.42 Å². The van der Waals surface area contributed by atoms with Gasteiger partial charge in [0.15, 0.2) is 0 Å². The zero-order chi connectivity index (χ0) is 12.1. The van der Waals surface area contributed by atoms with E-state index in [0.29, 0.717) is 12.8 Å². The Morgan fingerprint density at radius 2 is 2.31 bits per heavy atom. The predicted octanol–water partition coefficient (Wildman–Crippen LogP) is 0.860. The average Bonchev–Trinajstić information content (AvgIpc) is 2.69. The molecule has 0 bridgehead atoms. The van der Waals surface area contributed by atoms with Crippen LogP contribution in [0.15, 0.2) is 12.7 Å². The lowest BCUT2D eigenvalue weighted by Crippen LogP contribution is -2.44. The van der Waals surface area contributed by atoms with E-state index in [1.165, 1.54) is 6.08 Å². The van der Waals surface area contributed by atoms with Crippen LogP contribution in [-0.2, 0) is 9.53 Å². The Morgan fingerprint density at radius 1 is 1.62 bits per heavy atom. The van der Waals surface area contributed by atoms with Gasteiger partial charge in [-0.3, -0.25) is 4.90 Å². The number of carbonyl (C=O) groups is 2. The van der Waals surface area contributed by atoms with Crippen LogP contribution in [0.5, 0.6) is 0 Å². The van der Waals surface area contributed by atoms with E-state index in [1.807, 2.05) is 0 Å². The van der Waals surface area contributed by atoms with Crippen LogP contribution in [0, 0.1) is 12.3 Å². The van der Waals surface area contributed by atoms with Gasteiger partial charge in [-0.1, -0.05) is 18.6 Å². The van der Waals surface area contributed by atoms with Crippen molar-refractivity contribution in [2.45, 2.75) is 24.9 Å². The first-order chi connectivity index (χ1) is 7.61. The second-order valence-electron chi connectivity index (χ2n) is 3.39. The first-order valence-electron chi connectivity index (χ1n) is 4.86. The molecule has 2 atom stereocenters. The summed E-state index contributed by atoms with van der Waals surface area (Å²) in [6.45, 7) is 3.44. The van der Waals surface area contributed by atoms with E-state index in [9.17, 15) is 9.59 Å². The smallest absolute Gasteiger partial charge is 0.411 e. The Bertz CT molecular complexity index is 344. The number of hydrogen-bond donors (Lipinski definition) is 1. The topological polar surface area (TPSA) is 66.8 Å². The Balaban J connectivity index is 2.78. The van der Waals surface area contributed by atoms with Gasteiger partial charge in [0.25, 0.3) is 0 Å². The second kappa shape index (κ2) is 5.21. The molecule has 0 aromatic carbocycles. The maximum atomic E-state index is 11.6. The summed E-state index contributed by atoms with van der Waals surface area (Å²) in [5, 5.41) is 8.93. The molecule has 1 amide bonds. The summed E-state index contributed by atoms with van der Waals surface area (Å²) in [5.74, 6) is 1.33. The van der Waals surface area contributed by atoms with Gasteiger partial charge in [-0.25, -0.2) is 9.59 Å². The monoisotopic (exact) mass is 223 g/mol. The van der Waals surface area contributed by atoms with Gasteiger partial charge in [-0.2, -0.15) is 0 Å². The first-order valence-corrected chi connectivity index (χ1v) is 4.86. The van der Waals surface area contributed by atoms with Gasteiger partial charge in [0.2, 0.25) is 0 Å². The molecule has 0 aliphatic carbocycles. The summed E-state index contributed by atoms with van der Waals surface area (Å²) < 4.78 is 4.80. The van der Waals surface area contributed by atoms with E-state index >= 15 is 0 Å². The Labute approximate surface area is 93.7 Å². The average molecular weight is 223 g/mol. The molecule has 0 spiro atoms. The van der Waals surface area contributed by atoms with Crippen molar-refractivity contribution in [2.24, 2.45) is 0 Å². The molecule has 0 aromatic rings. The highest BCUT2D eigenvalue weighted by Gasteiger charge is 2.41. The van der Waals surface area contributed by atoms with Crippen LogP contribution in [0.1, 0.15) is 12.8 Å². The van der Waals surface area contributed by atoms with Gasteiger partial charge in [0.1, 0.15) is 12.6 Å². The number of carboxylic acids is 1. The molecule has 1 aliphatic heterocycles. The maximum Gasteiger partial charge on any atom is 0.411 e. The van der Waals surface area contributed by atoms with Crippen molar-refractivity contribution < 1.29 is 19.4 Å². The van der Waals surface area contributed by atoms with Crippen LogP contribution in [0.25, 0.3) is 0 Å². The third-order valence-electron chi connectivity index (χ3n) is 2.40. The Morgan fingerprint density at radius 3 is 2.81 bits per heavy atom. The summed E-state index contributed by atoms with van der Waals surface area (Å²) in [7, 11) is 0. The molecule has 0 saturated carbocycles. The predicted molar refractivity (Wildman–Crippen MR) is 56.7 cm³/mol. The van der Waals surface area contributed by atoms with Gasteiger partial charge >= 0.3 is 12.1 Å². The number of ether oxygens (including phenoxy) is 1. The van der Waals surface area contributed by atoms with E-state index < -0.39 is 24.1 Å². The van der Waals surface area contributed by atoms with Crippen LogP contribution in [0.2, 0.25) is 0 Å². The molecule has 0 radical (unpaired) electrons. The molecule has 16 heavy (non-hydrogen) atoms. The molecule has 1 rings (SSSR count). The van der Waals surface area contributed by atoms with Crippen LogP contribution in [0.4, 0.5) is 4.79 Å². The highest BCUT2D eigenvalue weighted by atomic mass is 16.6. The van der Waals surface area contributed by atoms with Crippen molar-refractivity contribution in [3.8, 4) is 12.3 Å². The molecule has 5 nitrogen and oxygen atoms in total. The van der Waals surface area contributed by atoms with Crippen molar-refractivity contribution in [3.63, 3.8) is 0 Å². The van der Waals surface area contributed by atoms with Crippen molar-refractivity contribution in [3.05, 3.63) is 12.7 Å². The van der Waals surface area contributed by atoms with Gasteiger partial charge in [-0.05, 0) is 12.8 Å². The number of likely N-dealkylation sites (tertiary alicyclic amines) is 1. The molecule has 0 aromatic heterocycles. The number of nitrogens with zero attached hydrogens (tertiary/aromatic N) is 1. The van der Waals surface area contributed by atoms with Crippen LogP contribution >= 0.6 is 0 Å². The zero-order valence-corrected chi connectivity index (χ0v) is 8.76. The third-order valence-corrected chi connectivity index (χ3v) is 2.40.